The maximum Gasteiger partial charge on any atom is 0.170 e. The van der Waals surface area contributed by atoms with Crippen LogP contribution < -0.4 is 0 Å². The molecule has 6 nitrogen and oxygen atoms in total. The van der Waals surface area contributed by atoms with Crippen LogP contribution in [0.3, 0.4) is 0 Å². The summed E-state index contributed by atoms with van der Waals surface area (Å²) in [6.07, 6.45) is 0. The fourth-order valence-corrected chi connectivity index (χ4v) is 2.01. The number of aromatic hydroxyl groups is 2. The number of ketones is 1. The molecule has 3 aromatic rings. The first-order chi connectivity index (χ1) is 9.58. The summed E-state index contributed by atoms with van der Waals surface area (Å²) in [7, 11) is 0. The monoisotopic (exact) mass is 269 g/mol. The maximum absolute atomic E-state index is 11.4. The molecule has 0 aliphatic carbocycles. The fraction of sp³-hybridized carbons (Fsp3) is 0.0714. The number of phenolic OH excluding ortho intramolecular Hbond substituents is 2. The van der Waals surface area contributed by atoms with Gasteiger partial charge in [-0.15, -0.1) is 15.0 Å². The molecule has 0 saturated carbocycles. The van der Waals surface area contributed by atoms with Crippen molar-refractivity contribution < 1.29 is 15.0 Å². The quantitative estimate of drug-likeness (QED) is 0.695. The molecule has 100 valence electrons. The van der Waals surface area contributed by atoms with Crippen LogP contribution in [-0.2, 0) is 0 Å². The van der Waals surface area contributed by atoms with Gasteiger partial charge in [0.25, 0.3) is 0 Å². The number of hydrogen-bond acceptors (Lipinski definition) is 5. The van der Waals surface area contributed by atoms with Gasteiger partial charge >= 0.3 is 0 Å². The van der Waals surface area contributed by atoms with Crippen molar-refractivity contribution in [2.45, 2.75) is 6.92 Å². The van der Waals surface area contributed by atoms with Crippen LogP contribution in [0.15, 0.2) is 36.4 Å². The first-order valence-electron chi connectivity index (χ1n) is 5.96. The van der Waals surface area contributed by atoms with Crippen molar-refractivity contribution in [2.75, 3.05) is 0 Å². The van der Waals surface area contributed by atoms with E-state index >= 15 is 0 Å². The molecule has 3 rings (SSSR count). The van der Waals surface area contributed by atoms with Crippen molar-refractivity contribution in [1.82, 2.24) is 15.0 Å². The molecule has 6 heteroatoms. The molecule has 0 unspecified atom stereocenters. The molecule has 0 fully saturated rings. The van der Waals surface area contributed by atoms with Crippen molar-refractivity contribution in [2.24, 2.45) is 0 Å². The molecule has 1 aromatic heterocycles. The molecule has 0 atom stereocenters. The van der Waals surface area contributed by atoms with Crippen molar-refractivity contribution in [3.05, 3.63) is 42.0 Å². The number of benzene rings is 2. The highest BCUT2D eigenvalue weighted by molar-refractivity contribution is 5.98. The minimum Gasteiger partial charge on any atom is -0.505 e. The average Bonchev–Trinajstić information content (AvgIpc) is 2.81. The highest BCUT2D eigenvalue weighted by Crippen LogP contribution is 2.33. The van der Waals surface area contributed by atoms with Gasteiger partial charge in [0.05, 0.1) is 5.56 Å². The molecule has 0 amide bonds. The van der Waals surface area contributed by atoms with E-state index in [1.807, 2.05) is 12.1 Å². The second-order valence-electron chi connectivity index (χ2n) is 4.36. The number of nitrogens with zero attached hydrogens (tertiary/aromatic N) is 3. The Hall–Kier alpha value is -2.89. The van der Waals surface area contributed by atoms with Gasteiger partial charge in [0.15, 0.2) is 17.2 Å². The van der Waals surface area contributed by atoms with Gasteiger partial charge in [-0.2, -0.15) is 0 Å². The normalized spacial score (nSPS) is 10.8. The van der Waals surface area contributed by atoms with E-state index in [0.717, 1.165) is 4.80 Å². The molecule has 0 saturated heterocycles. The summed E-state index contributed by atoms with van der Waals surface area (Å²) in [5.41, 5.74) is 1.35. The second kappa shape index (κ2) is 4.34. The number of hydrogen-bond donors (Lipinski definition) is 2. The van der Waals surface area contributed by atoms with Crippen LogP contribution in [0.1, 0.15) is 17.3 Å². The van der Waals surface area contributed by atoms with E-state index in [-0.39, 0.29) is 28.5 Å². The van der Waals surface area contributed by atoms with E-state index in [1.54, 1.807) is 12.1 Å². The number of aromatic nitrogens is 3. The van der Waals surface area contributed by atoms with E-state index in [9.17, 15) is 15.0 Å². The first kappa shape index (κ1) is 12.2. The largest absolute Gasteiger partial charge is 0.505 e. The Balaban J connectivity index is 2.28. The summed E-state index contributed by atoms with van der Waals surface area (Å²) < 4.78 is 0. The summed E-state index contributed by atoms with van der Waals surface area (Å²) in [5.74, 6) is -0.842. The van der Waals surface area contributed by atoms with Crippen LogP contribution >= 0.6 is 0 Å². The van der Waals surface area contributed by atoms with Gasteiger partial charge in [-0.05, 0) is 31.2 Å². The predicted octanol–water partition coefficient (Wildman–Crippen LogP) is 2.03. The van der Waals surface area contributed by atoms with Crippen molar-refractivity contribution in [3.63, 3.8) is 0 Å². The number of fused-ring (bicyclic) bond motifs is 1. The Morgan fingerprint density at radius 2 is 1.65 bits per heavy atom. The predicted molar refractivity (Wildman–Crippen MR) is 72.2 cm³/mol. The van der Waals surface area contributed by atoms with E-state index < -0.39 is 0 Å². The number of Topliss-reactive ketones (excluding diaryl/α,β-unsaturated/α-hetero) is 1. The minimum absolute atomic E-state index is 0.00565. The topological polar surface area (TPSA) is 88.2 Å². The molecular weight excluding hydrogens is 258 g/mol. The third-order valence-corrected chi connectivity index (χ3v) is 3.00. The highest BCUT2D eigenvalue weighted by atomic mass is 16.3. The van der Waals surface area contributed by atoms with Gasteiger partial charge in [-0.25, -0.2) is 0 Å². The molecule has 2 aromatic carbocycles. The molecule has 0 aliphatic heterocycles. The van der Waals surface area contributed by atoms with Crippen LogP contribution in [0, 0.1) is 0 Å². The molecule has 2 N–H and O–H groups in total. The zero-order chi connectivity index (χ0) is 14.3. The fourth-order valence-electron chi connectivity index (χ4n) is 2.01. The molecule has 0 aliphatic rings. The lowest BCUT2D eigenvalue weighted by atomic mass is 10.1. The van der Waals surface area contributed by atoms with Crippen molar-refractivity contribution in [3.8, 4) is 17.2 Å². The molecule has 0 radical (unpaired) electrons. The molecule has 0 spiro atoms. The van der Waals surface area contributed by atoms with E-state index in [2.05, 4.69) is 10.2 Å². The molecule has 1 heterocycles. The van der Waals surface area contributed by atoms with Gasteiger partial charge in [0.2, 0.25) is 0 Å². The van der Waals surface area contributed by atoms with Crippen LogP contribution in [0.2, 0.25) is 0 Å². The van der Waals surface area contributed by atoms with Gasteiger partial charge in [-0.1, -0.05) is 12.1 Å². The van der Waals surface area contributed by atoms with Gasteiger partial charge in [0, 0.05) is 0 Å². The lowest BCUT2D eigenvalue weighted by Crippen LogP contribution is -2.03. The molecule has 20 heavy (non-hydrogen) atoms. The number of phenols is 2. The van der Waals surface area contributed by atoms with Crippen LogP contribution in [0.5, 0.6) is 11.5 Å². The van der Waals surface area contributed by atoms with Crippen molar-refractivity contribution >= 4 is 16.8 Å². The average molecular weight is 269 g/mol. The van der Waals surface area contributed by atoms with Crippen LogP contribution in [0.4, 0.5) is 0 Å². The third-order valence-electron chi connectivity index (χ3n) is 3.00. The smallest absolute Gasteiger partial charge is 0.170 e. The summed E-state index contributed by atoms with van der Waals surface area (Å²) in [6.45, 7) is 1.34. The highest BCUT2D eigenvalue weighted by Gasteiger charge is 2.18. The van der Waals surface area contributed by atoms with Gasteiger partial charge in [-0.3, -0.25) is 4.79 Å². The SMILES string of the molecule is CC(=O)c1ccc(O)c(-n2nc3ccccc3n2)c1O. The third kappa shape index (κ3) is 1.78. The summed E-state index contributed by atoms with van der Waals surface area (Å²) >= 11 is 0. The lowest BCUT2D eigenvalue weighted by molar-refractivity contribution is 0.101. The molecular formula is C14H11N3O3. The standard InChI is InChI=1S/C14H11N3O3/c1-8(18)9-6-7-12(19)13(14(9)20)17-15-10-4-2-3-5-11(10)16-17/h2-7,19-20H,1H3. The van der Waals surface area contributed by atoms with Gasteiger partial charge < -0.3 is 10.2 Å². The Bertz CT molecular complexity index is 791. The van der Waals surface area contributed by atoms with Crippen molar-refractivity contribution in [1.29, 1.82) is 0 Å². The Kier molecular flexibility index (Phi) is 2.64. The Morgan fingerprint density at radius 3 is 2.20 bits per heavy atom. The number of rotatable bonds is 2. The van der Waals surface area contributed by atoms with Crippen LogP contribution in [-0.4, -0.2) is 31.0 Å². The lowest BCUT2D eigenvalue weighted by Gasteiger charge is -2.08. The summed E-state index contributed by atoms with van der Waals surface area (Å²) in [6, 6.07) is 9.85. The van der Waals surface area contributed by atoms with Crippen LogP contribution in [0.25, 0.3) is 16.7 Å². The zero-order valence-electron chi connectivity index (χ0n) is 10.6. The summed E-state index contributed by atoms with van der Waals surface area (Å²) in [4.78, 5) is 12.6. The Labute approximate surface area is 113 Å². The van der Waals surface area contributed by atoms with E-state index in [1.165, 1.54) is 19.1 Å². The zero-order valence-corrected chi connectivity index (χ0v) is 10.6. The minimum atomic E-state index is -0.335. The van der Waals surface area contributed by atoms with E-state index in [0.29, 0.717) is 11.0 Å². The van der Waals surface area contributed by atoms with E-state index in [4.69, 9.17) is 0 Å². The maximum atomic E-state index is 11.4. The van der Waals surface area contributed by atoms with Gasteiger partial charge in [0.1, 0.15) is 16.8 Å². The molecule has 0 bridgehead atoms. The second-order valence-corrected chi connectivity index (χ2v) is 4.36. The first-order valence-corrected chi connectivity index (χ1v) is 5.96. The Morgan fingerprint density at radius 1 is 1.05 bits per heavy atom. The number of carbonyl (C=O) groups is 1. The summed E-state index contributed by atoms with van der Waals surface area (Å²) in [5, 5.41) is 28.4. The number of carbonyl (C=O) groups excluding carboxylic acids is 1.